The van der Waals surface area contributed by atoms with Gasteiger partial charge in [0.2, 0.25) is 5.95 Å². The second-order valence-corrected chi connectivity index (χ2v) is 8.55. The summed E-state index contributed by atoms with van der Waals surface area (Å²) in [5.41, 5.74) is 3.22. The number of carboxylic acid groups (broad SMARTS) is 1. The van der Waals surface area contributed by atoms with Gasteiger partial charge in [-0.2, -0.15) is 0 Å². The molecule has 1 aromatic carbocycles. The molecular weight excluding hydrogens is 384 g/mol. The molecule has 8 nitrogen and oxygen atoms in total. The first-order valence-corrected chi connectivity index (χ1v) is 10.5. The number of anilines is 1. The fourth-order valence-corrected chi connectivity index (χ4v) is 4.42. The van der Waals surface area contributed by atoms with Gasteiger partial charge in [0.05, 0.1) is 24.3 Å². The molecule has 0 radical (unpaired) electrons. The number of benzene rings is 1. The molecule has 2 aromatic rings. The molecule has 1 saturated heterocycles. The Morgan fingerprint density at radius 3 is 3.13 bits per heavy atom. The number of fused-ring (bicyclic) bond motifs is 2. The van der Waals surface area contributed by atoms with Gasteiger partial charge in [-0.15, -0.1) is 0 Å². The van der Waals surface area contributed by atoms with Crippen LogP contribution in [0.4, 0.5) is 5.95 Å². The van der Waals surface area contributed by atoms with Gasteiger partial charge in [-0.05, 0) is 43.5 Å². The molecule has 1 aromatic heterocycles. The van der Waals surface area contributed by atoms with Crippen molar-refractivity contribution in [2.24, 2.45) is 0 Å². The summed E-state index contributed by atoms with van der Waals surface area (Å²) >= 11 is 0. The average molecular weight is 410 g/mol. The van der Waals surface area contributed by atoms with E-state index in [1.807, 2.05) is 24.4 Å². The van der Waals surface area contributed by atoms with Gasteiger partial charge in [-0.25, -0.2) is 14.8 Å². The summed E-state index contributed by atoms with van der Waals surface area (Å²) in [5.74, 6) is 0.341. The number of carboxylic acids is 1. The number of rotatable bonds is 7. The average Bonchev–Trinajstić information content (AvgIpc) is 3.47. The Labute approximate surface area is 175 Å². The lowest BCUT2D eigenvalue weighted by atomic mass is 9.80. The monoisotopic (exact) mass is 410 g/mol. The Balaban J connectivity index is 1.30. The van der Waals surface area contributed by atoms with Crippen LogP contribution in [0.3, 0.4) is 0 Å². The van der Waals surface area contributed by atoms with Crippen LogP contribution >= 0.6 is 0 Å². The zero-order chi connectivity index (χ0) is 20.6. The van der Waals surface area contributed by atoms with Gasteiger partial charge in [-0.1, -0.05) is 12.1 Å². The molecule has 1 saturated carbocycles. The molecule has 3 aliphatic rings. The van der Waals surface area contributed by atoms with Gasteiger partial charge in [0, 0.05) is 30.9 Å². The Morgan fingerprint density at radius 1 is 1.40 bits per heavy atom. The maximum Gasteiger partial charge on any atom is 0.341 e. The molecule has 1 aliphatic carbocycles. The summed E-state index contributed by atoms with van der Waals surface area (Å²) in [6.45, 7) is 3.53. The van der Waals surface area contributed by atoms with Crippen molar-refractivity contribution >= 4 is 11.9 Å². The van der Waals surface area contributed by atoms with Crippen molar-refractivity contribution in [3.8, 4) is 5.75 Å². The van der Waals surface area contributed by atoms with Crippen LogP contribution in [0.5, 0.6) is 5.75 Å². The molecule has 2 aliphatic heterocycles. The van der Waals surface area contributed by atoms with E-state index in [4.69, 9.17) is 19.6 Å². The van der Waals surface area contributed by atoms with Crippen molar-refractivity contribution in [3.63, 3.8) is 0 Å². The number of carbonyl (C=O) groups is 1. The van der Waals surface area contributed by atoms with E-state index in [1.54, 1.807) is 6.07 Å². The van der Waals surface area contributed by atoms with Crippen LogP contribution in [0, 0.1) is 0 Å². The lowest BCUT2D eigenvalue weighted by molar-refractivity contribution is -0.139. The fourth-order valence-electron chi connectivity index (χ4n) is 4.42. The van der Waals surface area contributed by atoms with Crippen molar-refractivity contribution in [2.45, 2.75) is 43.9 Å². The highest BCUT2D eigenvalue weighted by Crippen LogP contribution is 2.40. The highest BCUT2D eigenvalue weighted by molar-refractivity contribution is 5.68. The van der Waals surface area contributed by atoms with Gasteiger partial charge in [0.1, 0.15) is 5.75 Å². The normalized spacial score (nSPS) is 23.3. The first kappa shape index (κ1) is 19.3. The molecule has 3 heterocycles. The summed E-state index contributed by atoms with van der Waals surface area (Å²) < 4.78 is 11.3. The number of hydrogen-bond acceptors (Lipinski definition) is 7. The van der Waals surface area contributed by atoms with E-state index in [2.05, 4.69) is 15.2 Å². The fraction of sp³-hybridized carbons (Fsp3) is 0.500. The maximum atomic E-state index is 10.7. The number of hydrogen-bond donors (Lipinski definition) is 2. The van der Waals surface area contributed by atoms with E-state index < -0.39 is 5.97 Å². The van der Waals surface area contributed by atoms with E-state index in [0.29, 0.717) is 25.0 Å². The zero-order valence-corrected chi connectivity index (χ0v) is 16.8. The van der Waals surface area contributed by atoms with Crippen molar-refractivity contribution in [2.75, 3.05) is 31.6 Å². The van der Waals surface area contributed by atoms with E-state index in [9.17, 15) is 4.79 Å². The molecule has 1 atom stereocenters. The Bertz CT molecular complexity index is 948. The van der Waals surface area contributed by atoms with Crippen LogP contribution in [-0.2, 0) is 28.1 Å². The number of aromatic nitrogens is 2. The lowest BCUT2D eigenvalue weighted by Crippen LogP contribution is -2.40. The highest BCUT2D eigenvalue weighted by Gasteiger charge is 2.45. The minimum absolute atomic E-state index is 0.103. The quantitative estimate of drug-likeness (QED) is 0.717. The number of likely N-dealkylation sites (tertiary alicyclic amines) is 1. The molecule has 5 rings (SSSR count). The Morgan fingerprint density at radius 2 is 2.30 bits per heavy atom. The second-order valence-electron chi connectivity index (χ2n) is 8.55. The molecule has 0 unspecified atom stereocenters. The number of nitrogens with zero attached hydrogens (tertiary/aromatic N) is 3. The molecule has 8 heteroatoms. The second kappa shape index (κ2) is 7.85. The highest BCUT2D eigenvalue weighted by atomic mass is 16.5. The zero-order valence-electron chi connectivity index (χ0n) is 16.8. The predicted octanol–water partition coefficient (Wildman–Crippen LogP) is 2.19. The molecule has 0 amide bonds. The molecule has 30 heavy (non-hydrogen) atoms. The summed E-state index contributed by atoms with van der Waals surface area (Å²) in [4.78, 5) is 22.5. The number of ether oxygens (including phenoxy) is 2. The summed E-state index contributed by atoms with van der Waals surface area (Å²) in [6, 6.07) is 8.17. The molecular formula is C22H26N4O4. The topological polar surface area (TPSA) is 96.8 Å². The summed E-state index contributed by atoms with van der Waals surface area (Å²) in [6.07, 6.45) is 5.30. The van der Waals surface area contributed by atoms with Gasteiger partial charge < -0.3 is 19.9 Å². The molecule has 158 valence electrons. The summed E-state index contributed by atoms with van der Waals surface area (Å²) in [7, 11) is 0. The van der Waals surface area contributed by atoms with Crippen molar-refractivity contribution in [1.29, 1.82) is 0 Å². The van der Waals surface area contributed by atoms with Crippen LogP contribution < -0.4 is 10.1 Å². The third-order valence-corrected chi connectivity index (χ3v) is 6.01. The number of aliphatic carboxylic acids is 1. The van der Waals surface area contributed by atoms with Crippen molar-refractivity contribution < 1.29 is 19.4 Å². The SMILES string of the molecule is O=C(O)COc1cccc(CN2CC[C@@]3(COCc4cnc(NC5CC5)nc43)C2)c1. The van der Waals surface area contributed by atoms with Gasteiger partial charge >= 0.3 is 5.97 Å². The van der Waals surface area contributed by atoms with Crippen LogP contribution in [-0.4, -0.2) is 58.3 Å². The van der Waals surface area contributed by atoms with Crippen LogP contribution in [0.25, 0.3) is 0 Å². The van der Waals surface area contributed by atoms with Crippen molar-refractivity contribution in [3.05, 3.63) is 47.3 Å². The molecule has 2 fully saturated rings. The summed E-state index contributed by atoms with van der Waals surface area (Å²) in [5, 5.41) is 12.2. The van der Waals surface area contributed by atoms with Crippen LogP contribution in [0.15, 0.2) is 30.5 Å². The van der Waals surface area contributed by atoms with Crippen LogP contribution in [0.1, 0.15) is 36.1 Å². The van der Waals surface area contributed by atoms with Crippen LogP contribution in [0.2, 0.25) is 0 Å². The van der Waals surface area contributed by atoms with E-state index in [0.717, 1.165) is 48.8 Å². The molecule has 0 bridgehead atoms. The minimum Gasteiger partial charge on any atom is -0.482 e. The smallest absolute Gasteiger partial charge is 0.341 e. The third-order valence-electron chi connectivity index (χ3n) is 6.01. The Hall–Kier alpha value is -2.71. The van der Waals surface area contributed by atoms with Gasteiger partial charge in [0.25, 0.3) is 0 Å². The minimum atomic E-state index is -0.976. The number of nitrogens with one attached hydrogen (secondary N) is 1. The van der Waals surface area contributed by atoms with E-state index >= 15 is 0 Å². The Kier molecular flexibility index (Phi) is 5.04. The van der Waals surface area contributed by atoms with Crippen molar-refractivity contribution in [1.82, 2.24) is 14.9 Å². The first-order chi connectivity index (χ1) is 14.6. The van der Waals surface area contributed by atoms with Gasteiger partial charge in [0.15, 0.2) is 6.61 Å². The third kappa shape index (κ3) is 4.11. The lowest BCUT2D eigenvalue weighted by Gasteiger charge is -2.34. The largest absolute Gasteiger partial charge is 0.482 e. The standard InChI is InChI=1S/C22H26N4O4/c27-19(28)12-30-18-3-1-2-15(8-18)10-26-7-6-22(13-26)14-29-11-16-9-23-21(25-20(16)22)24-17-4-5-17/h1-3,8-9,17H,4-7,10-14H2,(H,27,28)(H,23,24,25)/t22-/m0/s1. The van der Waals surface area contributed by atoms with E-state index in [-0.39, 0.29) is 12.0 Å². The first-order valence-electron chi connectivity index (χ1n) is 10.5. The maximum absolute atomic E-state index is 10.7. The molecule has 1 spiro atoms. The molecule has 2 N–H and O–H groups in total. The van der Waals surface area contributed by atoms with Gasteiger partial charge in [-0.3, -0.25) is 4.90 Å². The van der Waals surface area contributed by atoms with E-state index in [1.165, 1.54) is 12.8 Å². The predicted molar refractivity (Wildman–Crippen MR) is 109 cm³/mol.